The topological polar surface area (TPSA) is 84.2 Å². The summed E-state index contributed by atoms with van der Waals surface area (Å²) in [5, 5.41) is 5.49. The summed E-state index contributed by atoms with van der Waals surface area (Å²) in [6, 6.07) is 7.14. The van der Waals surface area contributed by atoms with Gasteiger partial charge in [0.05, 0.1) is 12.5 Å². The van der Waals surface area contributed by atoms with Gasteiger partial charge in [0.15, 0.2) is 0 Å². The molecule has 1 aromatic carbocycles. The molecule has 0 aliphatic carbocycles. The Balaban J connectivity index is 1.87. The van der Waals surface area contributed by atoms with E-state index in [2.05, 4.69) is 10.6 Å². The summed E-state index contributed by atoms with van der Waals surface area (Å²) in [5.74, 6) is -0.101. The van der Waals surface area contributed by atoms with Crippen LogP contribution in [0.25, 0.3) is 0 Å². The highest BCUT2D eigenvalue weighted by molar-refractivity contribution is 5.83. The average Bonchev–Trinajstić information content (AvgIpc) is 2.63. The molecule has 2 rings (SSSR count). The molecule has 0 saturated carbocycles. The molecule has 1 fully saturated rings. The van der Waals surface area contributed by atoms with Crippen LogP contribution in [0.1, 0.15) is 12.0 Å². The summed E-state index contributed by atoms with van der Waals surface area (Å²) in [5.41, 5.74) is 7.15. The molecule has 1 aliphatic heterocycles. The van der Waals surface area contributed by atoms with Crippen LogP contribution in [-0.2, 0) is 16.0 Å². The number of nitrogen functional groups attached to an aromatic ring is 1. The number of carbonyl (C=O) groups excluding carboxylic acids is 2. The maximum Gasteiger partial charge on any atom is 0.224 e. The zero-order valence-electron chi connectivity index (χ0n) is 9.40. The van der Waals surface area contributed by atoms with Crippen molar-refractivity contribution in [3.63, 3.8) is 0 Å². The summed E-state index contributed by atoms with van der Waals surface area (Å²) >= 11 is 0. The summed E-state index contributed by atoms with van der Waals surface area (Å²) in [7, 11) is 0. The minimum absolute atomic E-state index is 0.0146. The van der Waals surface area contributed by atoms with Gasteiger partial charge in [0.25, 0.3) is 0 Å². The zero-order valence-corrected chi connectivity index (χ0v) is 9.40. The molecule has 1 aliphatic rings. The molecule has 5 heteroatoms. The van der Waals surface area contributed by atoms with Crippen LogP contribution in [0.5, 0.6) is 0 Å². The Hall–Kier alpha value is -2.04. The van der Waals surface area contributed by atoms with Crippen molar-refractivity contribution in [2.45, 2.75) is 18.9 Å². The first-order chi connectivity index (χ1) is 8.13. The lowest BCUT2D eigenvalue weighted by atomic mass is 10.1. The molecule has 1 saturated heterocycles. The quantitative estimate of drug-likeness (QED) is 0.633. The molecule has 0 radical (unpaired) electrons. The van der Waals surface area contributed by atoms with Gasteiger partial charge in [-0.2, -0.15) is 0 Å². The molecule has 90 valence electrons. The van der Waals surface area contributed by atoms with Gasteiger partial charge in [0.1, 0.15) is 0 Å². The number of amides is 2. The van der Waals surface area contributed by atoms with Gasteiger partial charge < -0.3 is 16.4 Å². The van der Waals surface area contributed by atoms with Gasteiger partial charge in [-0.15, -0.1) is 0 Å². The zero-order chi connectivity index (χ0) is 12.3. The van der Waals surface area contributed by atoms with Gasteiger partial charge in [0.2, 0.25) is 11.8 Å². The van der Waals surface area contributed by atoms with E-state index in [1.807, 2.05) is 12.1 Å². The van der Waals surface area contributed by atoms with Crippen LogP contribution in [0.15, 0.2) is 24.3 Å². The van der Waals surface area contributed by atoms with Gasteiger partial charge >= 0.3 is 0 Å². The molecule has 0 bridgehead atoms. The van der Waals surface area contributed by atoms with Crippen LogP contribution < -0.4 is 16.4 Å². The van der Waals surface area contributed by atoms with Crippen molar-refractivity contribution >= 4 is 17.5 Å². The van der Waals surface area contributed by atoms with Crippen molar-refractivity contribution in [3.05, 3.63) is 29.8 Å². The van der Waals surface area contributed by atoms with Crippen LogP contribution in [0.3, 0.4) is 0 Å². The molecule has 17 heavy (non-hydrogen) atoms. The first-order valence-corrected chi connectivity index (χ1v) is 5.54. The van der Waals surface area contributed by atoms with Gasteiger partial charge in [-0.25, -0.2) is 0 Å². The number of benzene rings is 1. The molecule has 1 heterocycles. The number of hydrogen-bond acceptors (Lipinski definition) is 3. The van der Waals surface area contributed by atoms with E-state index in [1.54, 1.807) is 12.1 Å². The minimum atomic E-state index is -0.0870. The summed E-state index contributed by atoms with van der Waals surface area (Å²) in [4.78, 5) is 22.7. The largest absolute Gasteiger partial charge is 0.399 e. The molecule has 1 aromatic rings. The van der Waals surface area contributed by atoms with Crippen LogP contribution in [0.4, 0.5) is 5.69 Å². The Kier molecular flexibility index (Phi) is 3.27. The van der Waals surface area contributed by atoms with Gasteiger partial charge in [-0.3, -0.25) is 9.59 Å². The average molecular weight is 233 g/mol. The second-order valence-corrected chi connectivity index (χ2v) is 4.19. The first-order valence-electron chi connectivity index (χ1n) is 5.54. The van der Waals surface area contributed by atoms with E-state index < -0.39 is 0 Å². The van der Waals surface area contributed by atoms with Crippen molar-refractivity contribution in [1.82, 2.24) is 10.6 Å². The summed E-state index contributed by atoms with van der Waals surface area (Å²) < 4.78 is 0. The second kappa shape index (κ2) is 4.86. The van der Waals surface area contributed by atoms with E-state index in [0.717, 1.165) is 5.56 Å². The number of anilines is 1. The Morgan fingerprint density at radius 1 is 1.53 bits per heavy atom. The smallest absolute Gasteiger partial charge is 0.224 e. The van der Waals surface area contributed by atoms with Crippen LogP contribution in [0, 0.1) is 0 Å². The SMILES string of the molecule is Nc1cccc(CC(=O)NC2CNC(=O)C2)c1. The van der Waals surface area contributed by atoms with E-state index in [0.29, 0.717) is 18.7 Å². The normalized spacial score (nSPS) is 18.8. The maximum absolute atomic E-state index is 11.7. The summed E-state index contributed by atoms with van der Waals surface area (Å²) in [6.45, 7) is 0.515. The monoisotopic (exact) mass is 233 g/mol. The molecule has 0 aromatic heterocycles. The predicted octanol–water partition coefficient (Wildman–Crippen LogP) is -0.184. The highest BCUT2D eigenvalue weighted by atomic mass is 16.2. The third-order valence-electron chi connectivity index (χ3n) is 2.66. The third-order valence-corrected chi connectivity index (χ3v) is 2.66. The van der Waals surface area contributed by atoms with Crippen molar-refractivity contribution in [2.75, 3.05) is 12.3 Å². The summed E-state index contributed by atoms with van der Waals surface area (Å²) in [6.07, 6.45) is 0.651. The lowest BCUT2D eigenvalue weighted by molar-refractivity contribution is -0.121. The van der Waals surface area contributed by atoms with Gasteiger partial charge in [-0.05, 0) is 17.7 Å². The van der Waals surface area contributed by atoms with Gasteiger partial charge in [0, 0.05) is 18.7 Å². The highest BCUT2D eigenvalue weighted by Gasteiger charge is 2.22. The Morgan fingerprint density at radius 3 is 3.00 bits per heavy atom. The molecule has 2 amide bonds. The third kappa shape index (κ3) is 3.21. The van der Waals surface area contributed by atoms with Crippen molar-refractivity contribution in [3.8, 4) is 0 Å². The lowest BCUT2D eigenvalue weighted by Gasteiger charge is -2.10. The number of hydrogen-bond donors (Lipinski definition) is 3. The maximum atomic E-state index is 11.7. The standard InChI is InChI=1S/C12H15N3O2/c13-9-3-1-2-8(4-9)5-12(17)15-10-6-11(16)14-7-10/h1-4,10H,5-7,13H2,(H,14,16)(H,15,17). The van der Waals surface area contributed by atoms with Crippen LogP contribution >= 0.6 is 0 Å². The van der Waals surface area contributed by atoms with Gasteiger partial charge in [-0.1, -0.05) is 12.1 Å². The number of carbonyl (C=O) groups is 2. The highest BCUT2D eigenvalue weighted by Crippen LogP contribution is 2.07. The number of nitrogens with two attached hydrogens (primary N) is 1. The fourth-order valence-electron chi connectivity index (χ4n) is 1.87. The Bertz CT molecular complexity index is 445. The fraction of sp³-hybridized carbons (Fsp3) is 0.333. The van der Waals surface area contributed by atoms with Crippen molar-refractivity contribution in [1.29, 1.82) is 0 Å². The van der Waals surface area contributed by atoms with Crippen molar-refractivity contribution in [2.24, 2.45) is 0 Å². The fourth-order valence-corrected chi connectivity index (χ4v) is 1.87. The molecule has 4 N–H and O–H groups in total. The van der Waals surface area contributed by atoms with E-state index in [-0.39, 0.29) is 24.3 Å². The molecular formula is C12H15N3O2. The van der Waals surface area contributed by atoms with E-state index in [4.69, 9.17) is 5.73 Å². The van der Waals surface area contributed by atoms with Crippen molar-refractivity contribution < 1.29 is 9.59 Å². The second-order valence-electron chi connectivity index (χ2n) is 4.19. The predicted molar refractivity (Wildman–Crippen MR) is 64.1 cm³/mol. The van der Waals surface area contributed by atoms with E-state index in [1.165, 1.54) is 0 Å². The molecule has 0 spiro atoms. The van der Waals surface area contributed by atoms with E-state index >= 15 is 0 Å². The van der Waals surface area contributed by atoms with Crippen LogP contribution in [0.2, 0.25) is 0 Å². The molecule has 1 atom stereocenters. The number of nitrogens with one attached hydrogen (secondary N) is 2. The lowest BCUT2D eigenvalue weighted by Crippen LogP contribution is -2.37. The molecular weight excluding hydrogens is 218 g/mol. The number of rotatable bonds is 3. The Labute approximate surface area is 99.4 Å². The molecule has 1 unspecified atom stereocenters. The molecule has 5 nitrogen and oxygen atoms in total. The first kappa shape index (κ1) is 11.4. The minimum Gasteiger partial charge on any atom is -0.399 e. The Morgan fingerprint density at radius 2 is 2.35 bits per heavy atom. The van der Waals surface area contributed by atoms with E-state index in [9.17, 15) is 9.59 Å². The van der Waals surface area contributed by atoms with Crippen LogP contribution in [-0.4, -0.2) is 24.4 Å².